The summed E-state index contributed by atoms with van der Waals surface area (Å²) in [4.78, 5) is 14.1. The number of carbonyl (C=O) groups is 1. The Labute approximate surface area is 125 Å². The van der Waals surface area contributed by atoms with Crippen molar-refractivity contribution in [3.8, 4) is 0 Å². The number of nitrogens with one attached hydrogen (secondary N) is 1. The zero-order valence-corrected chi connectivity index (χ0v) is 12.2. The lowest BCUT2D eigenvalue weighted by atomic mass is 9.97. The number of amides is 1. The topological polar surface area (TPSA) is 50.8 Å². The van der Waals surface area contributed by atoms with E-state index in [1.165, 1.54) is 11.1 Å². The van der Waals surface area contributed by atoms with Crippen molar-refractivity contribution in [1.82, 2.24) is 10.2 Å². The number of morpholine rings is 1. The fourth-order valence-electron chi connectivity index (χ4n) is 2.87. The Morgan fingerprint density at radius 1 is 1.24 bits per heavy atom. The molecule has 21 heavy (non-hydrogen) atoms. The van der Waals surface area contributed by atoms with E-state index in [-0.39, 0.29) is 12.0 Å². The van der Waals surface area contributed by atoms with Gasteiger partial charge in [0.2, 0.25) is 5.91 Å². The third kappa shape index (κ3) is 3.81. The molecule has 2 aliphatic rings. The summed E-state index contributed by atoms with van der Waals surface area (Å²) in [5.41, 5.74) is 2.53. The summed E-state index contributed by atoms with van der Waals surface area (Å²) in [5.74, 6) is 0.0588. The Bertz CT molecular complexity index is 486. The number of ether oxygens (including phenoxy) is 2. The van der Waals surface area contributed by atoms with Gasteiger partial charge in [0, 0.05) is 19.6 Å². The van der Waals surface area contributed by atoms with E-state index in [1.54, 1.807) is 0 Å². The largest absolute Gasteiger partial charge is 0.379 e. The average Bonchev–Trinajstić information content (AvgIpc) is 2.54. The first-order valence-corrected chi connectivity index (χ1v) is 7.59. The molecule has 1 N–H and O–H groups in total. The van der Waals surface area contributed by atoms with Gasteiger partial charge in [-0.1, -0.05) is 24.3 Å². The highest BCUT2D eigenvalue weighted by Crippen LogP contribution is 2.26. The van der Waals surface area contributed by atoms with Gasteiger partial charge in [-0.15, -0.1) is 0 Å². The lowest BCUT2D eigenvalue weighted by molar-refractivity contribution is -0.124. The molecule has 0 aromatic heterocycles. The number of fused-ring (bicyclic) bond motifs is 1. The van der Waals surface area contributed by atoms with Crippen molar-refractivity contribution in [3.05, 3.63) is 35.4 Å². The molecule has 3 rings (SSSR count). The first kappa shape index (κ1) is 14.5. The average molecular weight is 290 g/mol. The highest BCUT2D eigenvalue weighted by atomic mass is 16.5. The third-order valence-corrected chi connectivity index (χ3v) is 4.05. The Morgan fingerprint density at radius 3 is 2.90 bits per heavy atom. The molecule has 2 aliphatic heterocycles. The van der Waals surface area contributed by atoms with E-state index in [1.807, 2.05) is 6.07 Å². The number of rotatable bonds is 4. The molecule has 1 amide bonds. The van der Waals surface area contributed by atoms with E-state index in [9.17, 15) is 4.79 Å². The van der Waals surface area contributed by atoms with E-state index in [4.69, 9.17) is 9.47 Å². The lowest BCUT2D eigenvalue weighted by Crippen LogP contribution is -2.44. The van der Waals surface area contributed by atoms with Crippen LogP contribution in [0.1, 0.15) is 17.2 Å². The second kappa shape index (κ2) is 7.02. The first-order chi connectivity index (χ1) is 10.3. The molecular formula is C16H22N2O3. The van der Waals surface area contributed by atoms with Crippen LogP contribution in [0, 0.1) is 0 Å². The molecule has 0 spiro atoms. The third-order valence-electron chi connectivity index (χ3n) is 4.05. The maximum absolute atomic E-state index is 12.0. The molecule has 114 valence electrons. The predicted octanol–water partition coefficient (Wildman–Crippen LogP) is 0.749. The SMILES string of the molecule is O=C(CN1CCOCC1)NC[C@@H]1OCCc2ccccc21. The highest BCUT2D eigenvalue weighted by molar-refractivity contribution is 5.78. The number of nitrogens with zero attached hydrogens (tertiary/aromatic N) is 1. The molecule has 2 heterocycles. The van der Waals surface area contributed by atoms with Gasteiger partial charge in [-0.3, -0.25) is 9.69 Å². The van der Waals surface area contributed by atoms with E-state index >= 15 is 0 Å². The molecule has 1 aromatic carbocycles. The van der Waals surface area contributed by atoms with Crippen LogP contribution in [-0.2, 0) is 20.7 Å². The van der Waals surface area contributed by atoms with Crippen LogP contribution in [0.15, 0.2) is 24.3 Å². The van der Waals surface area contributed by atoms with Crippen LogP contribution in [0.2, 0.25) is 0 Å². The van der Waals surface area contributed by atoms with Gasteiger partial charge in [0.25, 0.3) is 0 Å². The van der Waals surface area contributed by atoms with Gasteiger partial charge in [-0.25, -0.2) is 0 Å². The minimum atomic E-state index is -0.0245. The lowest BCUT2D eigenvalue weighted by Gasteiger charge is -2.28. The van der Waals surface area contributed by atoms with Crippen molar-refractivity contribution in [2.45, 2.75) is 12.5 Å². The molecule has 1 saturated heterocycles. The standard InChI is InChI=1S/C16H22N2O3/c19-16(12-18-6-9-20-10-7-18)17-11-15-14-4-2-1-3-13(14)5-8-21-15/h1-4,15H,5-12H2,(H,17,19)/t15-/m0/s1. The maximum Gasteiger partial charge on any atom is 0.234 e. The summed E-state index contributed by atoms with van der Waals surface area (Å²) in [6, 6.07) is 8.31. The Morgan fingerprint density at radius 2 is 2.05 bits per heavy atom. The molecule has 0 radical (unpaired) electrons. The highest BCUT2D eigenvalue weighted by Gasteiger charge is 2.21. The number of hydrogen-bond donors (Lipinski definition) is 1. The minimum Gasteiger partial charge on any atom is -0.379 e. The second-order valence-electron chi connectivity index (χ2n) is 5.50. The van der Waals surface area contributed by atoms with Crippen LogP contribution in [-0.4, -0.2) is 56.8 Å². The minimum absolute atomic E-state index is 0.0245. The Balaban J connectivity index is 1.50. The Hall–Kier alpha value is -1.43. The molecule has 1 fully saturated rings. The molecule has 1 aromatic rings. The van der Waals surface area contributed by atoms with Gasteiger partial charge in [-0.05, 0) is 17.5 Å². The van der Waals surface area contributed by atoms with Crippen LogP contribution in [0.3, 0.4) is 0 Å². The van der Waals surface area contributed by atoms with Crippen LogP contribution in [0.4, 0.5) is 0 Å². The molecule has 5 heteroatoms. The molecule has 0 unspecified atom stereocenters. The molecule has 0 bridgehead atoms. The molecular weight excluding hydrogens is 268 g/mol. The molecule has 5 nitrogen and oxygen atoms in total. The summed E-state index contributed by atoms with van der Waals surface area (Å²) in [7, 11) is 0. The van der Waals surface area contributed by atoms with Gasteiger partial charge in [-0.2, -0.15) is 0 Å². The number of carbonyl (C=O) groups excluding carboxylic acids is 1. The van der Waals surface area contributed by atoms with E-state index in [0.29, 0.717) is 26.3 Å². The molecule has 0 aliphatic carbocycles. The fraction of sp³-hybridized carbons (Fsp3) is 0.562. The molecule has 1 atom stereocenters. The van der Waals surface area contributed by atoms with E-state index in [0.717, 1.165) is 26.1 Å². The van der Waals surface area contributed by atoms with Gasteiger partial charge in [0.1, 0.15) is 6.10 Å². The van der Waals surface area contributed by atoms with Crippen molar-refractivity contribution >= 4 is 5.91 Å². The maximum atomic E-state index is 12.0. The number of hydrogen-bond acceptors (Lipinski definition) is 4. The summed E-state index contributed by atoms with van der Waals surface area (Å²) < 4.78 is 11.1. The zero-order valence-electron chi connectivity index (χ0n) is 12.2. The molecule has 0 saturated carbocycles. The van der Waals surface area contributed by atoms with E-state index < -0.39 is 0 Å². The zero-order chi connectivity index (χ0) is 14.5. The number of benzene rings is 1. The fourth-order valence-corrected chi connectivity index (χ4v) is 2.87. The quantitative estimate of drug-likeness (QED) is 0.889. The Kier molecular flexibility index (Phi) is 4.85. The van der Waals surface area contributed by atoms with Crippen molar-refractivity contribution in [1.29, 1.82) is 0 Å². The van der Waals surface area contributed by atoms with Crippen LogP contribution >= 0.6 is 0 Å². The monoisotopic (exact) mass is 290 g/mol. The van der Waals surface area contributed by atoms with Gasteiger partial charge in [0.05, 0.1) is 26.4 Å². The van der Waals surface area contributed by atoms with Crippen LogP contribution < -0.4 is 5.32 Å². The van der Waals surface area contributed by atoms with Gasteiger partial charge >= 0.3 is 0 Å². The van der Waals surface area contributed by atoms with Crippen molar-refractivity contribution in [2.75, 3.05) is 46.0 Å². The van der Waals surface area contributed by atoms with Crippen molar-refractivity contribution in [3.63, 3.8) is 0 Å². The van der Waals surface area contributed by atoms with Gasteiger partial charge in [0.15, 0.2) is 0 Å². The summed E-state index contributed by atoms with van der Waals surface area (Å²) >= 11 is 0. The normalized spacial score (nSPS) is 22.6. The van der Waals surface area contributed by atoms with Crippen molar-refractivity contribution < 1.29 is 14.3 Å². The first-order valence-electron chi connectivity index (χ1n) is 7.59. The van der Waals surface area contributed by atoms with Gasteiger partial charge < -0.3 is 14.8 Å². The summed E-state index contributed by atoms with van der Waals surface area (Å²) in [5, 5.41) is 2.99. The van der Waals surface area contributed by atoms with E-state index in [2.05, 4.69) is 28.4 Å². The van der Waals surface area contributed by atoms with Crippen LogP contribution in [0.25, 0.3) is 0 Å². The van der Waals surface area contributed by atoms with Crippen molar-refractivity contribution in [2.24, 2.45) is 0 Å². The predicted molar refractivity (Wildman–Crippen MR) is 79.1 cm³/mol. The second-order valence-corrected chi connectivity index (χ2v) is 5.50. The summed E-state index contributed by atoms with van der Waals surface area (Å²) in [6.45, 7) is 4.80. The summed E-state index contributed by atoms with van der Waals surface area (Å²) in [6.07, 6.45) is 0.928. The smallest absolute Gasteiger partial charge is 0.234 e. The van der Waals surface area contributed by atoms with Crippen LogP contribution in [0.5, 0.6) is 0 Å².